The first-order chi connectivity index (χ1) is 9.52. The highest BCUT2D eigenvalue weighted by Gasteiger charge is 2.17. The number of aryl methyl sites for hydroxylation is 2. The van der Waals surface area contributed by atoms with Crippen molar-refractivity contribution in [2.45, 2.75) is 13.8 Å². The third-order valence-corrected chi connectivity index (χ3v) is 2.87. The molecule has 0 fully saturated rings. The minimum atomic E-state index is -0.499. The zero-order chi connectivity index (χ0) is 14.7. The summed E-state index contributed by atoms with van der Waals surface area (Å²) in [5.41, 5.74) is 1.16. The second-order valence-electron chi connectivity index (χ2n) is 4.32. The number of esters is 1. The lowest BCUT2D eigenvalue weighted by atomic mass is 10.1. The van der Waals surface area contributed by atoms with E-state index in [-0.39, 0.29) is 5.91 Å². The molecule has 2 aromatic rings. The van der Waals surface area contributed by atoms with Crippen LogP contribution < -0.4 is 5.32 Å². The van der Waals surface area contributed by atoms with Crippen molar-refractivity contribution in [3.63, 3.8) is 0 Å². The molecule has 0 aliphatic carbocycles. The summed E-state index contributed by atoms with van der Waals surface area (Å²) >= 11 is 0. The number of benzene rings is 1. The second-order valence-corrected chi connectivity index (χ2v) is 4.32. The van der Waals surface area contributed by atoms with Crippen LogP contribution in [-0.4, -0.2) is 19.0 Å². The highest BCUT2D eigenvalue weighted by molar-refractivity contribution is 6.08. The molecule has 0 aliphatic rings. The summed E-state index contributed by atoms with van der Waals surface area (Å²) in [7, 11) is 1.30. The van der Waals surface area contributed by atoms with Crippen molar-refractivity contribution in [3.8, 4) is 0 Å². The number of anilines is 1. The average molecular weight is 273 g/mol. The van der Waals surface area contributed by atoms with Crippen LogP contribution >= 0.6 is 0 Å². The number of furan rings is 1. The molecule has 1 aromatic heterocycles. The molecule has 1 heterocycles. The molecular formula is C15H15NO4. The Bertz CT molecular complexity index is 658. The Morgan fingerprint density at radius 3 is 2.45 bits per heavy atom. The van der Waals surface area contributed by atoms with Crippen LogP contribution in [0, 0.1) is 13.8 Å². The summed E-state index contributed by atoms with van der Waals surface area (Å²) in [4.78, 5) is 23.8. The fourth-order valence-electron chi connectivity index (χ4n) is 1.93. The fraction of sp³-hybridized carbons (Fsp3) is 0.200. The topological polar surface area (TPSA) is 68.5 Å². The Labute approximate surface area is 116 Å². The number of nitrogens with one attached hydrogen (secondary N) is 1. The maximum Gasteiger partial charge on any atom is 0.339 e. The van der Waals surface area contributed by atoms with E-state index in [9.17, 15) is 9.59 Å². The van der Waals surface area contributed by atoms with Crippen molar-refractivity contribution in [1.82, 2.24) is 0 Å². The largest absolute Gasteiger partial charge is 0.466 e. The summed E-state index contributed by atoms with van der Waals surface area (Å²) in [5, 5.41) is 2.70. The number of ether oxygens (including phenoxy) is 1. The first kappa shape index (κ1) is 13.9. The molecule has 1 N–H and O–H groups in total. The van der Waals surface area contributed by atoms with Crippen LogP contribution in [0.25, 0.3) is 0 Å². The molecule has 2 rings (SSSR count). The standard InChI is InChI=1S/C15H15NO4/c1-9-8-12(10(2)20-9)14(17)16-13-7-5-4-6-11(13)15(18)19-3/h4-8H,1-3H3,(H,16,17). The minimum absolute atomic E-state index is 0.307. The van der Waals surface area contributed by atoms with Crippen molar-refractivity contribution in [2.75, 3.05) is 12.4 Å². The lowest BCUT2D eigenvalue weighted by molar-refractivity contribution is 0.0602. The van der Waals surface area contributed by atoms with Gasteiger partial charge in [-0.25, -0.2) is 4.79 Å². The number of methoxy groups -OCH3 is 1. The van der Waals surface area contributed by atoms with Gasteiger partial charge in [0.1, 0.15) is 11.5 Å². The van der Waals surface area contributed by atoms with Crippen molar-refractivity contribution in [2.24, 2.45) is 0 Å². The first-order valence-corrected chi connectivity index (χ1v) is 6.08. The van der Waals surface area contributed by atoms with Crippen LogP contribution in [0.1, 0.15) is 32.2 Å². The molecule has 1 amide bonds. The maximum atomic E-state index is 12.2. The second kappa shape index (κ2) is 5.61. The van der Waals surface area contributed by atoms with Crippen LogP contribution in [0.15, 0.2) is 34.7 Å². The summed E-state index contributed by atoms with van der Waals surface area (Å²) < 4.78 is 10.0. The van der Waals surface area contributed by atoms with Crippen molar-refractivity contribution >= 4 is 17.6 Å². The summed E-state index contributed by atoms with van der Waals surface area (Å²) in [5.74, 6) is 0.376. The predicted molar refractivity (Wildman–Crippen MR) is 73.9 cm³/mol. The number of carbonyl (C=O) groups excluding carboxylic acids is 2. The molecule has 0 aliphatic heterocycles. The SMILES string of the molecule is COC(=O)c1ccccc1NC(=O)c1cc(C)oc1C. The monoisotopic (exact) mass is 273 g/mol. The van der Waals surface area contributed by atoms with Crippen LogP contribution in [0.3, 0.4) is 0 Å². The lowest BCUT2D eigenvalue weighted by Crippen LogP contribution is -2.15. The molecule has 104 valence electrons. The van der Waals surface area contributed by atoms with E-state index in [1.165, 1.54) is 7.11 Å². The highest BCUT2D eigenvalue weighted by Crippen LogP contribution is 2.19. The van der Waals surface area contributed by atoms with E-state index in [2.05, 4.69) is 10.1 Å². The van der Waals surface area contributed by atoms with Crippen LogP contribution in [0.5, 0.6) is 0 Å². The quantitative estimate of drug-likeness (QED) is 0.873. The third kappa shape index (κ3) is 2.71. The van der Waals surface area contributed by atoms with E-state index in [1.807, 2.05) is 0 Å². The van der Waals surface area contributed by atoms with Gasteiger partial charge in [-0.05, 0) is 32.0 Å². The number of carbonyl (C=O) groups is 2. The van der Waals surface area contributed by atoms with Gasteiger partial charge >= 0.3 is 5.97 Å². The van der Waals surface area contributed by atoms with E-state index in [1.54, 1.807) is 44.2 Å². The Morgan fingerprint density at radius 1 is 1.15 bits per heavy atom. The molecule has 5 heteroatoms. The zero-order valence-corrected chi connectivity index (χ0v) is 11.5. The average Bonchev–Trinajstić information content (AvgIpc) is 2.77. The molecule has 1 aromatic carbocycles. The van der Waals surface area contributed by atoms with Crippen LogP contribution in [-0.2, 0) is 4.74 Å². The molecule has 20 heavy (non-hydrogen) atoms. The summed E-state index contributed by atoms with van der Waals surface area (Å²) in [6, 6.07) is 8.33. The number of hydrogen-bond acceptors (Lipinski definition) is 4. The Morgan fingerprint density at radius 2 is 1.85 bits per heavy atom. The highest BCUT2D eigenvalue weighted by atomic mass is 16.5. The molecule has 0 saturated heterocycles. The van der Waals surface area contributed by atoms with Gasteiger partial charge in [0.05, 0.1) is 23.9 Å². The Kier molecular flexibility index (Phi) is 3.89. The summed E-state index contributed by atoms with van der Waals surface area (Å²) in [6.45, 7) is 3.49. The van der Waals surface area contributed by atoms with Gasteiger partial charge in [-0.3, -0.25) is 4.79 Å². The Hall–Kier alpha value is -2.56. The molecule has 0 spiro atoms. The van der Waals surface area contributed by atoms with E-state index in [0.29, 0.717) is 28.3 Å². The van der Waals surface area contributed by atoms with Gasteiger partial charge in [-0.2, -0.15) is 0 Å². The molecule has 0 atom stereocenters. The van der Waals surface area contributed by atoms with Crippen molar-refractivity contribution in [3.05, 3.63) is 53.0 Å². The van der Waals surface area contributed by atoms with Crippen LogP contribution in [0.4, 0.5) is 5.69 Å². The fourth-order valence-corrected chi connectivity index (χ4v) is 1.93. The van der Waals surface area contributed by atoms with Gasteiger partial charge in [0, 0.05) is 0 Å². The number of amides is 1. The molecule has 0 bridgehead atoms. The minimum Gasteiger partial charge on any atom is -0.466 e. The molecular weight excluding hydrogens is 258 g/mol. The number of rotatable bonds is 3. The molecule has 0 radical (unpaired) electrons. The normalized spacial score (nSPS) is 10.2. The maximum absolute atomic E-state index is 12.2. The molecule has 0 unspecified atom stereocenters. The molecule has 5 nitrogen and oxygen atoms in total. The van der Waals surface area contributed by atoms with Gasteiger partial charge < -0.3 is 14.5 Å². The van der Waals surface area contributed by atoms with E-state index >= 15 is 0 Å². The Balaban J connectivity index is 2.29. The van der Waals surface area contributed by atoms with Gasteiger partial charge in [0.25, 0.3) is 5.91 Å². The van der Waals surface area contributed by atoms with E-state index in [4.69, 9.17) is 4.42 Å². The summed E-state index contributed by atoms with van der Waals surface area (Å²) in [6.07, 6.45) is 0. The van der Waals surface area contributed by atoms with Gasteiger partial charge in [-0.1, -0.05) is 12.1 Å². The van der Waals surface area contributed by atoms with E-state index in [0.717, 1.165) is 0 Å². The molecule has 0 saturated carbocycles. The number of hydrogen-bond donors (Lipinski definition) is 1. The third-order valence-electron chi connectivity index (χ3n) is 2.87. The van der Waals surface area contributed by atoms with Gasteiger partial charge in [0.15, 0.2) is 0 Å². The first-order valence-electron chi connectivity index (χ1n) is 6.08. The van der Waals surface area contributed by atoms with Gasteiger partial charge in [0.2, 0.25) is 0 Å². The smallest absolute Gasteiger partial charge is 0.339 e. The van der Waals surface area contributed by atoms with Crippen LogP contribution in [0.2, 0.25) is 0 Å². The number of para-hydroxylation sites is 1. The van der Waals surface area contributed by atoms with Crippen molar-refractivity contribution in [1.29, 1.82) is 0 Å². The lowest BCUT2D eigenvalue weighted by Gasteiger charge is -2.08. The predicted octanol–water partition coefficient (Wildman–Crippen LogP) is 2.94. The van der Waals surface area contributed by atoms with Gasteiger partial charge in [-0.15, -0.1) is 0 Å². The van der Waals surface area contributed by atoms with E-state index < -0.39 is 5.97 Å². The zero-order valence-electron chi connectivity index (χ0n) is 11.5. The van der Waals surface area contributed by atoms with Crippen molar-refractivity contribution < 1.29 is 18.7 Å².